The van der Waals surface area contributed by atoms with Crippen molar-refractivity contribution in [1.82, 2.24) is 10.3 Å². The number of pyridine rings is 1. The summed E-state index contributed by atoms with van der Waals surface area (Å²) in [5, 5.41) is 23.2. The number of aliphatic hydroxyl groups is 1. The van der Waals surface area contributed by atoms with Crippen LogP contribution in [-0.2, 0) is 19.7 Å². The van der Waals surface area contributed by atoms with E-state index >= 15 is 0 Å². The van der Waals surface area contributed by atoms with Gasteiger partial charge in [0.2, 0.25) is 0 Å². The predicted molar refractivity (Wildman–Crippen MR) is 78.6 cm³/mol. The van der Waals surface area contributed by atoms with Gasteiger partial charge in [0.05, 0.1) is 12.3 Å². The van der Waals surface area contributed by atoms with Crippen molar-refractivity contribution in [3.8, 4) is 5.75 Å². The zero-order valence-corrected chi connectivity index (χ0v) is 12.0. The van der Waals surface area contributed by atoms with E-state index in [1.165, 1.54) is 0 Å². The third-order valence-electron chi connectivity index (χ3n) is 3.14. The maximum atomic E-state index is 10.0. The summed E-state index contributed by atoms with van der Waals surface area (Å²) in [5.74, 6) is 0.139. The Hall–Kier alpha value is -1.62. The minimum Gasteiger partial charge on any atom is -0.506 e. The fraction of sp³-hybridized carbons (Fsp3) is 0.267. The quantitative estimate of drug-likeness (QED) is 0.792. The lowest BCUT2D eigenvalue weighted by atomic mass is 10.1. The van der Waals surface area contributed by atoms with Crippen LogP contribution >= 0.6 is 11.6 Å². The van der Waals surface area contributed by atoms with Gasteiger partial charge in [-0.3, -0.25) is 4.98 Å². The van der Waals surface area contributed by atoms with Gasteiger partial charge >= 0.3 is 0 Å². The number of aromatic nitrogens is 1. The van der Waals surface area contributed by atoms with E-state index in [2.05, 4.69) is 10.3 Å². The molecule has 3 N–H and O–H groups in total. The summed E-state index contributed by atoms with van der Waals surface area (Å²) in [6.45, 7) is 2.72. The summed E-state index contributed by atoms with van der Waals surface area (Å²) in [4.78, 5) is 4.03. The molecule has 0 fully saturated rings. The van der Waals surface area contributed by atoms with Crippen LogP contribution < -0.4 is 5.32 Å². The predicted octanol–water partition coefficient (Wildman–Crippen LogP) is 2.53. The van der Waals surface area contributed by atoms with Crippen molar-refractivity contribution < 1.29 is 10.2 Å². The largest absolute Gasteiger partial charge is 0.506 e. The highest BCUT2D eigenvalue weighted by Crippen LogP contribution is 2.23. The first-order chi connectivity index (χ1) is 9.61. The van der Waals surface area contributed by atoms with Gasteiger partial charge in [0.15, 0.2) is 0 Å². The fourth-order valence-corrected chi connectivity index (χ4v) is 2.08. The van der Waals surface area contributed by atoms with Gasteiger partial charge in [0.1, 0.15) is 5.75 Å². The first-order valence-corrected chi connectivity index (χ1v) is 6.72. The van der Waals surface area contributed by atoms with Crippen LogP contribution in [0.1, 0.15) is 22.4 Å². The molecule has 2 aromatic rings. The second-order valence-electron chi connectivity index (χ2n) is 4.58. The van der Waals surface area contributed by atoms with E-state index in [0.717, 1.165) is 5.56 Å². The number of hydrogen-bond donors (Lipinski definition) is 3. The average Bonchev–Trinajstić information content (AvgIpc) is 2.46. The summed E-state index contributed by atoms with van der Waals surface area (Å²) in [6.07, 6.45) is 1.59. The van der Waals surface area contributed by atoms with Crippen LogP contribution in [0.3, 0.4) is 0 Å². The van der Waals surface area contributed by atoms with Gasteiger partial charge in [0.25, 0.3) is 0 Å². The molecule has 4 nitrogen and oxygen atoms in total. The van der Waals surface area contributed by atoms with E-state index in [9.17, 15) is 10.2 Å². The van der Waals surface area contributed by atoms with Gasteiger partial charge in [-0.25, -0.2) is 0 Å². The molecule has 20 heavy (non-hydrogen) atoms. The molecule has 0 aliphatic rings. The van der Waals surface area contributed by atoms with Crippen LogP contribution in [0.25, 0.3) is 0 Å². The Labute approximate surface area is 123 Å². The van der Waals surface area contributed by atoms with Crippen LogP contribution in [0.5, 0.6) is 5.75 Å². The minimum absolute atomic E-state index is 0.139. The van der Waals surface area contributed by atoms with Crippen molar-refractivity contribution in [3.63, 3.8) is 0 Å². The van der Waals surface area contributed by atoms with Gasteiger partial charge in [-0.2, -0.15) is 0 Å². The third-order valence-corrected chi connectivity index (χ3v) is 3.40. The Morgan fingerprint density at radius 3 is 2.55 bits per heavy atom. The number of aryl methyl sites for hydroxylation is 1. The molecule has 0 saturated heterocycles. The molecular formula is C15H17ClN2O2. The number of nitrogens with one attached hydrogen (secondary N) is 1. The Morgan fingerprint density at radius 1 is 1.20 bits per heavy atom. The van der Waals surface area contributed by atoms with E-state index in [0.29, 0.717) is 34.9 Å². The molecule has 106 valence electrons. The van der Waals surface area contributed by atoms with Gasteiger partial charge in [-0.05, 0) is 24.6 Å². The maximum absolute atomic E-state index is 10.0. The molecule has 0 saturated carbocycles. The Morgan fingerprint density at radius 2 is 1.90 bits per heavy atom. The molecule has 1 heterocycles. The van der Waals surface area contributed by atoms with E-state index in [4.69, 9.17) is 11.6 Å². The lowest BCUT2D eigenvalue weighted by Gasteiger charge is -2.12. The lowest BCUT2D eigenvalue weighted by Crippen LogP contribution is -2.15. The summed E-state index contributed by atoms with van der Waals surface area (Å²) >= 11 is 5.83. The minimum atomic E-state index is -0.140. The second-order valence-corrected chi connectivity index (χ2v) is 5.02. The van der Waals surface area contributed by atoms with Crippen molar-refractivity contribution >= 4 is 11.6 Å². The first kappa shape index (κ1) is 14.8. The molecule has 1 aromatic carbocycles. The summed E-state index contributed by atoms with van der Waals surface area (Å²) in [5.41, 5.74) is 2.99. The molecule has 0 amide bonds. The molecule has 0 aliphatic carbocycles. The number of aromatic hydroxyl groups is 1. The van der Waals surface area contributed by atoms with E-state index < -0.39 is 0 Å². The second kappa shape index (κ2) is 6.70. The summed E-state index contributed by atoms with van der Waals surface area (Å²) < 4.78 is 0. The molecule has 0 radical (unpaired) electrons. The molecule has 0 unspecified atom stereocenters. The molecule has 0 atom stereocenters. The molecule has 5 heteroatoms. The average molecular weight is 293 g/mol. The number of aliphatic hydroxyl groups excluding tert-OH is 1. The fourth-order valence-electron chi connectivity index (χ4n) is 1.95. The normalized spacial score (nSPS) is 10.8. The van der Waals surface area contributed by atoms with Crippen molar-refractivity contribution in [1.29, 1.82) is 0 Å². The highest BCUT2D eigenvalue weighted by Gasteiger charge is 2.10. The lowest BCUT2D eigenvalue weighted by molar-refractivity contribution is 0.278. The van der Waals surface area contributed by atoms with E-state index in [1.54, 1.807) is 13.1 Å². The number of halogens is 1. The zero-order chi connectivity index (χ0) is 14.5. The van der Waals surface area contributed by atoms with Crippen molar-refractivity contribution in [3.05, 3.63) is 57.9 Å². The topological polar surface area (TPSA) is 65.4 Å². The molecule has 2 rings (SSSR count). The highest BCUT2D eigenvalue weighted by molar-refractivity contribution is 6.30. The van der Waals surface area contributed by atoms with E-state index in [1.807, 2.05) is 24.3 Å². The van der Waals surface area contributed by atoms with Crippen LogP contribution in [-0.4, -0.2) is 15.2 Å². The SMILES string of the molecule is Cc1ncc(CO)c(CNCc2ccc(Cl)cc2)c1O. The van der Waals surface area contributed by atoms with Gasteiger partial charge in [-0.1, -0.05) is 23.7 Å². The van der Waals surface area contributed by atoms with Gasteiger partial charge in [-0.15, -0.1) is 0 Å². The Kier molecular flexibility index (Phi) is 4.95. The standard InChI is InChI=1S/C15H17ClN2O2/c1-10-15(20)14(12(9-19)7-18-10)8-17-6-11-2-4-13(16)5-3-11/h2-5,7,17,19-20H,6,8-9H2,1H3. The third kappa shape index (κ3) is 3.48. The van der Waals surface area contributed by atoms with Crippen LogP contribution in [0.4, 0.5) is 0 Å². The Bertz CT molecular complexity index is 585. The molecular weight excluding hydrogens is 276 g/mol. The van der Waals surface area contributed by atoms with Crippen molar-refractivity contribution in [2.45, 2.75) is 26.6 Å². The van der Waals surface area contributed by atoms with Crippen LogP contribution in [0, 0.1) is 6.92 Å². The summed E-state index contributed by atoms with van der Waals surface area (Å²) in [6, 6.07) is 7.57. The summed E-state index contributed by atoms with van der Waals surface area (Å²) in [7, 11) is 0. The van der Waals surface area contributed by atoms with Crippen LogP contribution in [0.2, 0.25) is 5.02 Å². The number of nitrogens with zero attached hydrogens (tertiary/aromatic N) is 1. The zero-order valence-electron chi connectivity index (χ0n) is 11.2. The number of hydrogen-bond acceptors (Lipinski definition) is 4. The highest BCUT2D eigenvalue weighted by atomic mass is 35.5. The Balaban J connectivity index is 2.03. The van der Waals surface area contributed by atoms with Crippen LogP contribution in [0.15, 0.2) is 30.5 Å². The molecule has 0 spiro atoms. The van der Waals surface area contributed by atoms with Crippen molar-refractivity contribution in [2.24, 2.45) is 0 Å². The van der Waals surface area contributed by atoms with E-state index in [-0.39, 0.29) is 12.4 Å². The molecule has 1 aromatic heterocycles. The first-order valence-electron chi connectivity index (χ1n) is 6.34. The van der Waals surface area contributed by atoms with Crippen molar-refractivity contribution in [2.75, 3.05) is 0 Å². The number of benzene rings is 1. The smallest absolute Gasteiger partial charge is 0.141 e. The van der Waals surface area contributed by atoms with Gasteiger partial charge in [0, 0.05) is 35.4 Å². The molecule has 0 aliphatic heterocycles. The maximum Gasteiger partial charge on any atom is 0.141 e. The van der Waals surface area contributed by atoms with Gasteiger partial charge < -0.3 is 15.5 Å². The number of rotatable bonds is 5. The monoisotopic (exact) mass is 292 g/mol. The molecule has 0 bridgehead atoms.